The smallest absolute Gasteiger partial charge is 0.252 e. The molecular formula is C130H155BN4. The normalized spacial score (nSPS) is 14.1. The second-order valence-corrected chi connectivity index (χ2v) is 53.9. The standard InChI is InChI=1S/C130H155BN4/c1-118(2,3)81-44-40-78(41-45-81)96-69-90(127(28,29)30)71-98(80-62-88(125(22,23)24)64-89(63-80)126(25,26)27)116(96)134-111-76-93(132-107-58-49-83(120(7,8)9)65-99(107)100-66-84(121(10,11)12)50-59-108(100)132)53-56-105(111)131-106-57-54-94(133-109-60-51-85(122(13,14)15)67-101(109)102-68-86(123(16,17)18)52-61-110(102)133)77-112(106)135(114-75-92(129(34,35)36)74-113(134)115(114)131)117-97(79-42-46-82(47-43-79)119(4,5)6)70-91(128(31,32)33)72-103(117)95-55-48-87(124(19,20)21)73-104(95)130(37,38)39/h40-77H,1-39H3. The van der Waals surface area contributed by atoms with E-state index in [0.29, 0.717) is 0 Å². The predicted molar refractivity (Wildman–Crippen MR) is 594 cm³/mol. The molecule has 4 heterocycles. The van der Waals surface area contributed by atoms with Crippen molar-refractivity contribution in [3.63, 3.8) is 0 Å². The van der Waals surface area contributed by atoms with Crippen molar-refractivity contribution in [2.24, 2.45) is 0 Å². The zero-order chi connectivity index (χ0) is 98.4. The first-order valence-electron chi connectivity index (χ1n) is 50.3. The third-order valence-electron chi connectivity index (χ3n) is 29.9. The molecule has 0 bridgehead atoms. The summed E-state index contributed by atoms with van der Waals surface area (Å²) in [5.74, 6) is 0. The quantitative estimate of drug-likeness (QED) is 0.141. The molecule has 2 aromatic heterocycles. The Kier molecular flexibility index (Phi) is 22.6. The van der Waals surface area contributed by atoms with E-state index >= 15 is 0 Å². The number of hydrogen-bond donors (Lipinski definition) is 0. The van der Waals surface area contributed by atoms with E-state index in [0.717, 1.165) is 34.1 Å². The first-order valence-corrected chi connectivity index (χ1v) is 50.3. The summed E-state index contributed by atoms with van der Waals surface area (Å²) in [4.78, 5) is 5.71. The Morgan fingerprint density at radius 1 is 0.178 bits per heavy atom. The molecule has 0 spiro atoms. The van der Waals surface area contributed by atoms with Crippen molar-refractivity contribution >= 4 is 101 Å². The van der Waals surface area contributed by atoms with Gasteiger partial charge in [0.25, 0.3) is 6.71 Å². The lowest BCUT2D eigenvalue weighted by Gasteiger charge is -2.47. The van der Waals surface area contributed by atoms with Gasteiger partial charge in [-0.3, -0.25) is 0 Å². The maximum atomic E-state index is 2.86. The van der Waals surface area contributed by atoms with Crippen LogP contribution < -0.4 is 26.2 Å². The number of fused-ring (bicyclic) bond motifs is 10. The topological polar surface area (TPSA) is 16.3 Å². The molecule has 0 saturated carbocycles. The maximum Gasteiger partial charge on any atom is 0.252 e. The van der Waals surface area contributed by atoms with Crippen molar-refractivity contribution in [3.05, 3.63) is 303 Å². The van der Waals surface area contributed by atoms with Crippen molar-refractivity contribution in [1.29, 1.82) is 0 Å². The monoisotopic (exact) mass is 1780 g/mol. The fraction of sp³-hybridized carbons (Fsp3) is 0.400. The molecule has 0 aliphatic carbocycles. The Labute approximate surface area is 813 Å². The van der Waals surface area contributed by atoms with E-state index in [1.807, 2.05) is 0 Å². The van der Waals surface area contributed by atoms with Crippen molar-refractivity contribution in [2.75, 3.05) is 9.80 Å². The average molecular weight is 1780 g/mol. The largest absolute Gasteiger partial charge is 0.310 e. The van der Waals surface area contributed by atoms with E-state index < -0.39 is 5.41 Å². The molecule has 0 amide bonds. The molecule has 17 rings (SSSR count). The van der Waals surface area contributed by atoms with Gasteiger partial charge >= 0.3 is 0 Å². The van der Waals surface area contributed by atoms with Crippen LogP contribution in [0, 0.1) is 0 Å². The maximum absolute atomic E-state index is 2.86. The van der Waals surface area contributed by atoms with Crippen molar-refractivity contribution in [2.45, 2.75) is 340 Å². The van der Waals surface area contributed by atoms with E-state index in [-0.39, 0.29) is 71.7 Å². The van der Waals surface area contributed by atoms with E-state index in [4.69, 9.17) is 0 Å². The number of anilines is 6. The lowest BCUT2D eigenvalue weighted by Crippen LogP contribution is -2.61. The second-order valence-electron chi connectivity index (χ2n) is 53.9. The molecule has 0 fully saturated rings. The Morgan fingerprint density at radius 3 is 0.741 bits per heavy atom. The van der Waals surface area contributed by atoms with Crippen LogP contribution in [0.25, 0.3) is 99.5 Å². The van der Waals surface area contributed by atoms with Crippen LogP contribution in [0.3, 0.4) is 0 Å². The van der Waals surface area contributed by atoms with Gasteiger partial charge in [0.1, 0.15) is 0 Å². The van der Waals surface area contributed by atoms with Gasteiger partial charge in [0, 0.05) is 77.9 Å². The molecule has 0 unspecified atom stereocenters. The first-order chi connectivity index (χ1) is 62.1. The predicted octanol–water partition coefficient (Wildman–Crippen LogP) is 35.5. The van der Waals surface area contributed by atoms with E-state index in [1.165, 1.54) is 188 Å². The molecule has 135 heavy (non-hydrogen) atoms. The van der Waals surface area contributed by atoms with Gasteiger partial charge < -0.3 is 18.9 Å². The van der Waals surface area contributed by atoms with Gasteiger partial charge in [0.2, 0.25) is 0 Å². The Morgan fingerprint density at radius 2 is 0.437 bits per heavy atom. The van der Waals surface area contributed by atoms with Gasteiger partial charge in [0.05, 0.1) is 33.4 Å². The number of rotatable bonds is 8. The van der Waals surface area contributed by atoms with Crippen LogP contribution in [-0.2, 0) is 70.4 Å². The number of aromatic nitrogens is 2. The second kappa shape index (κ2) is 31.8. The highest BCUT2D eigenvalue weighted by atomic mass is 15.2. The summed E-state index contributed by atoms with van der Waals surface area (Å²) in [5, 5.41) is 5.06. The first kappa shape index (κ1) is 95.8. The highest BCUT2D eigenvalue weighted by Gasteiger charge is 2.48. The molecule has 0 atom stereocenters. The number of benzene rings is 13. The van der Waals surface area contributed by atoms with Gasteiger partial charge in [-0.25, -0.2) is 0 Å². The molecule has 5 heteroatoms. The summed E-state index contributed by atoms with van der Waals surface area (Å²) < 4.78 is 5.24. The Balaban J connectivity index is 1.13. The third-order valence-corrected chi connectivity index (χ3v) is 29.9. The summed E-state index contributed by atoms with van der Waals surface area (Å²) in [7, 11) is 0. The van der Waals surface area contributed by atoms with Crippen LogP contribution in [0.1, 0.15) is 342 Å². The molecule has 15 aromatic rings. The van der Waals surface area contributed by atoms with Crippen LogP contribution in [0.15, 0.2) is 231 Å². The highest BCUT2D eigenvalue weighted by Crippen LogP contribution is 2.58. The zero-order valence-corrected chi connectivity index (χ0v) is 89.8. The van der Waals surface area contributed by atoms with Crippen LogP contribution in [-0.4, -0.2) is 15.8 Å². The van der Waals surface area contributed by atoms with Crippen molar-refractivity contribution < 1.29 is 0 Å². The highest BCUT2D eigenvalue weighted by molar-refractivity contribution is 7.00. The summed E-state index contributed by atoms with van der Waals surface area (Å²) in [6.45, 7) is 92.9. The lowest BCUT2D eigenvalue weighted by molar-refractivity contribution is 0.568. The van der Waals surface area contributed by atoms with Crippen molar-refractivity contribution in [1.82, 2.24) is 9.13 Å². The summed E-state index contributed by atoms with van der Waals surface area (Å²) in [6.07, 6.45) is 0. The molecule has 13 aromatic carbocycles. The van der Waals surface area contributed by atoms with Gasteiger partial charge in [-0.1, -0.05) is 391 Å². The van der Waals surface area contributed by atoms with Crippen LogP contribution in [0.2, 0.25) is 0 Å². The summed E-state index contributed by atoms with van der Waals surface area (Å²) in [5.41, 5.74) is 41.8. The number of hydrogen-bond acceptors (Lipinski definition) is 2. The zero-order valence-electron chi connectivity index (χ0n) is 89.8. The lowest BCUT2D eigenvalue weighted by atomic mass is 9.33. The van der Waals surface area contributed by atoms with E-state index in [2.05, 4.69) is 519 Å². The van der Waals surface area contributed by atoms with Gasteiger partial charge in [-0.2, -0.15) is 0 Å². The molecule has 4 nitrogen and oxygen atoms in total. The molecule has 2 aliphatic rings. The SMILES string of the molecule is CC(C)(C)c1ccc(-c2cc(C(C)(C)C)cc(-c3cc(C(C)(C)C)cc(C(C)(C)C)c3)c2N2c3cc(-n4c5ccc(C(C)(C)C)cc5c5cc(C(C)(C)C)ccc54)ccc3B3c4ccc(-n5c6ccc(C(C)(C)C)cc6c6cc(C(C)(C)C)ccc65)cc4N(c4c(-c5ccc(C(C)(C)C)cc5)cc(C(C)(C)C)cc4-c4ccc(C(C)(C)C)cc4C(C)(C)C)c4cc(C(C)(C)C)cc2c43)cc1. The average Bonchev–Trinajstić information content (AvgIpc) is 0.779. The fourth-order valence-electron chi connectivity index (χ4n) is 20.9. The molecule has 2 aliphatic heterocycles. The Bertz CT molecular complexity index is 7090. The van der Waals surface area contributed by atoms with Gasteiger partial charge in [-0.05, 0) is 291 Å². The number of nitrogens with zero attached hydrogens (tertiary/aromatic N) is 4. The molecular weight excluding hydrogens is 1630 g/mol. The van der Waals surface area contributed by atoms with Crippen LogP contribution in [0.4, 0.5) is 34.1 Å². The van der Waals surface area contributed by atoms with Gasteiger partial charge in [0.15, 0.2) is 0 Å². The minimum atomic E-state index is -0.413. The van der Waals surface area contributed by atoms with Crippen LogP contribution >= 0.6 is 0 Å². The van der Waals surface area contributed by atoms with Crippen LogP contribution in [0.5, 0.6) is 0 Å². The fourth-order valence-corrected chi connectivity index (χ4v) is 20.9. The van der Waals surface area contributed by atoms with Crippen molar-refractivity contribution in [3.8, 4) is 55.9 Å². The van der Waals surface area contributed by atoms with Gasteiger partial charge in [-0.15, -0.1) is 0 Å². The summed E-state index contributed by atoms with van der Waals surface area (Å²) in [6, 6.07) is 95.5. The molecule has 698 valence electrons. The van der Waals surface area contributed by atoms with E-state index in [1.54, 1.807) is 0 Å². The Hall–Kier alpha value is -10.9. The third kappa shape index (κ3) is 17.4. The molecule has 0 N–H and O–H groups in total. The molecule has 0 saturated heterocycles. The van der Waals surface area contributed by atoms with E-state index in [9.17, 15) is 0 Å². The minimum absolute atomic E-state index is 0.0913. The summed E-state index contributed by atoms with van der Waals surface area (Å²) >= 11 is 0. The minimum Gasteiger partial charge on any atom is -0.310 e. The molecule has 0 radical (unpaired) electrons.